The first-order valence-electron chi connectivity index (χ1n) is 5.21. The predicted octanol–water partition coefficient (Wildman–Crippen LogP) is 1.94. The summed E-state index contributed by atoms with van der Waals surface area (Å²) in [6, 6.07) is 3.59. The Morgan fingerprint density at radius 3 is 3.25 bits per heavy atom. The molecule has 1 aromatic rings. The van der Waals surface area contributed by atoms with Crippen LogP contribution in [0.3, 0.4) is 0 Å². The van der Waals surface area contributed by atoms with Crippen LogP contribution in [0, 0.1) is 0 Å². The first-order valence-corrected chi connectivity index (χ1v) is 5.21. The van der Waals surface area contributed by atoms with Gasteiger partial charge in [-0.1, -0.05) is 24.6 Å². The number of rotatable bonds is 5. The molecule has 0 atom stereocenters. The molecule has 1 N–H and O–H groups in total. The van der Waals surface area contributed by atoms with E-state index in [4.69, 9.17) is 0 Å². The van der Waals surface area contributed by atoms with Gasteiger partial charge in [-0.25, -0.2) is 4.79 Å². The van der Waals surface area contributed by atoms with Crippen LogP contribution < -0.4 is 5.32 Å². The zero-order valence-corrected chi connectivity index (χ0v) is 9.22. The van der Waals surface area contributed by atoms with Gasteiger partial charge >= 0.3 is 6.09 Å². The Balaban J connectivity index is 2.24. The monoisotopic (exact) mass is 221 g/mol. The molecular formula is C11H15N3O2. The van der Waals surface area contributed by atoms with E-state index in [1.165, 1.54) is 6.21 Å². The smallest absolute Gasteiger partial charge is 0.320 e. The molecule has 1 rings (SSSR count). The number of nitrogens with zero attached hydrogens (tertiary/aromatic N) is 2. The molecule has 0 unspecified atom stereocenters. The average molecular weight is 221 g/mol. The summed E-state index contributed by atoms with van der Waals surface area (Å²) < 4.78 is 0. The molecule has 0 aliphatic carbocycles. The summed E-state index contributed by atoms with van der Waals surface area (Å²) in [5, 5.41) is 6.12. The summed E-state index contributed by atoms with van der Waals surface area (Å²) in [4.78, 5) is 19.5. The summed E-state index contributed by atoms with van der Waals surface area (Å²) in [5.41, 5.74) is 0.781. The van der Waals surface area contributed by atoms with Crippen LogP contribution in [0.15, 0.2) is 29.7 Å². The molecule has 0 saturated carbocycles. The number of carbonyl (C=O) groups is 1. The fourth-order valence-corrected chi connectivity index (χ4v) is 0.987. The topological polar surface area (TPSA) is 63.6 Å². The molecule has 1 aromatic heterocycles. The second-order valence-electron chi connectivity index (χ2n) is 3.18. The van der Waals surface area contributed by atoms with Crippen molar-refractivity contribution in [1.82, 2.24) is 10.3 Å². The zero-order chi connectivity index (χ0) is 11.6. The van der Waals surface area contributed by atoms with Gasteiger partial charge in [-0.2, -0.15) is 0 Å². The number of pyridine rings is 1. The molecule has 0 aromatic carbocycles. The minimum atomic E-state index is -0.534. The van der Waals surface area contributed by atoms with Crippen LogP contribution in [0.25, 0.3) is 0 Å². The van der Waals surface area contributed by atoms with Crippen molar-refractivity contribution in [1.29, 1.82) is 0 Å². The van der Waals surface area contributed by atoms with E-state index >= 15 is 0 Å². The Labute approximate surface area is 94.5 Å². The third-order valence-electron chi connectivity index (χ3n) is 1.82. The maximum absolute atomic E-state index is 11.0. The lowest BCUT2D eigenvalue weighted by Gasteiger charge is -1.99. The lowest BCUT2D eigenvalue weighted by molar-refractivity contribution is 0.151. The summed E-state index contributed by atoms with van der Waals surface area (Å²) in [6.45, 7) is 2.66. The molecule has 5 heteroatoms. The molecule has 1 heterocycles. The zero-order valence-electron chi connectivity index (χ0n) is 9.22. The van der Waals surface area contributed by atoms with Gasteiger partial charge in [0.25, 0.3) is 0 Å². The first-order chi connectivity index (χ1) is 7.83. The minimum absolute atomic E-state index is 0.534. The van der Waals surface area contributed by atoms with Crippen molar-refractivity contribution in [2.45, 2.75) is 19.8 Å². The van der Waals surface area contributed by atoms with Crippen LogP contribution in [0.2, 0.25) is 0 Å². The lowest BCUT2D eigenvalue weighted by atomic mass is 10.3. The predicted molar refractivity (Wildman–Crippen MR) is 61.2 cm³/mol. The highest BCUT2D eigenvalue weighted by atomic mass is 16.7. The highest BCUT2D eigenvalue weighted by Crippen LogP contribution is 1.91. The van der Waals surface area contributed by atoms with Gasteiger partial charge in [-0.05, 0) is 12.5 Å². The highest BCUT2D eigenvalue weighted by molar-refractivity contribution is 5.79. The molecule has 0 spiro atoms. The summed E-state index contributed by atoms with van der Waals surface area (Å²) in [5.74, 6) is 0. The summed E-state index contributed by atoms with van der Waals surface area (Å²) in [6.07, 6.45) is 6.15. The second-order valence-corrected chi connectivity index (χ2v) is 3.18. The molecule has 0 radical (unpaired) electrons. The number of hydrogen-bond donors (Lipinski definition) is 1. The normalized spacial score (nSPS) is 10.3. The molecule has 0 saturated heterocycles. The van der Waals surface area contributed by atoms with Gasteiger partial charge in [-0.3, -0.25) is 9.82 Å². The van der Waals surface area contributed by atoms with Gasteiger partial charge in [0.1, 0.15) is 0 Å². The number of nitrogens with one attached hydrogen (secondary N) is 1. The largest absolute Gasteiger partial charge is 0.433 e. The van der Waals surface area contributed by atoms with Gasteiger partial charge < -0.3 is 5.32 Å². The van der Waals surface area contributed by atoms with Crippen molar-refractivity contribution in [2.75, 3.05) is 6.54 Å². The fourth-order valence-electron chi connectivity index (χ4n) is 0.987. The van der Waals surface area contributed by atoms with Gasteiger partial charge in [0.15, 0.2) is 0 Å². The van der Waals surface area contributed by atoms with Crippen LogP contribution in [-0.4, -0.2) is 23.8 Å². The van der Waals surface area contributed by atoms with Crippen molar-refractivity contribution < 1.29 is 9.63 Å². The Morgan fingerprint density at radius 2 is 2.56 bits per heavy atom. The maximum Gasteiger partial charge on any atom is 0.433 e. The van der Waals surface area contributed by atoms with Crippen LogP contribution in [0.4, 0.5) is 4.79 Å². The third-order valence-corrected chi connectivity index (χ3v) is 1.82. The van der Waals surface area contributed by atoms with E-state index in [0.29, 0.717) is 6.54 Å². The quantitative estimate of drug-likeness (QED) is 0.357. The van der Waals surface area contributed by atoms with Crippen molar-refractivity contribution >= 4 is 12.3 Å². The van der Waals surface area contributed by atoms with E-state index in [1.54, 1.807) is 18.5 Å². The SMILES string of the molecule is CCCCNC(=O)O/N=C/c1cccnc1. The molecule has 86 valence electrons. The number of carbonyl (C=O) groups excluding carboxylic acids is 1. The molecular weight excluding hydrogens is 206 g/mol. The minimum Gasteiger partial charge on any atom is -0.320 e. The molecule has 0 aliphatic rings. The van der Waals surface area contributed by atoms with Crippen LogP contribution in [0.1, 0.15) is 25.3 Å². The van der Waals surface area contributed by atoms with Crippen LogP contribution >= 0.6 is 0 Å². The van der Waals surface area contributed by atoms with Gasteiger partial charge in [0.2, 0.25) is 0 Å². The first kappa shape index (κ1) is 12.2. The maximum atomic E-state index is 11.0. The molecule has 5 nitrogen and oxygen atoms in total. The number of hydrogen-bond acceptors (Lipinski definition) is 4. The Kier molecular flexibility index (Phi) is 5.62. The number of aromatic nitrogens is 1. The van der Waals surface area contributed by atoms with Gasteiger partial charge in [-0.15, -0.1) is 0 Å². The van der Waals surface area contributed by atoms with Gasteiger partial charge in [0, 0.05) is 24.5 Å². The van der Waals surface area contributed by atoms with Gasteiger partial charge in [0.05, 0.1) is 6.21 Å². The second kappa shape index (κ2) is 7.39. The number of amides is 1. The summed E-state index contributed by atoms with van der Waals surface area (Å²) in [7, 11) is 0. The van der Waals surface area contributed by atoms with Crippen molar-refractivity contribution in [3.63, 3.8) is 0 Å². The van der Waals surface area contributed by atoms with Crippen LogP contribution in [0.5, 0.6) is 0 Å². The Bertz CT molecular complexity index is 338. The number of oxime groups is 1. The molecule has 16 heavy (non-hydrogen) atoms. The van der Waals surface area contributed by atoms with E-state index in [1.807, 2.05) is 13.0 Å². The van der Waals surface area contributed by atoms with Crippen molar-refractivity contribution in [3.8, 4) is 0 Å². The highest BCUT2D eigenvalue weighted by Gasteiger charge is 1.98. The van der Waals surface area contributed by atoms with Crippen molar-refractivity contribution in [2.24, 2.45) is 5.16 Å². The van der Waals surface area contributed by atoms with E-state index in [-0.39, 0.29) is 0 Å². The molecule has 1 amide bonds. The van der Waals surface area contributed by atoms with E-state index in [9.17, 15) is 4.79 Å². The molecule has 0 fully saturated rings. The third kappa shape index (κ3) is 5.09. The van der Waals surface area contributed by atoms with E-state index in [2.05, 4.69) is 20.3 Å². The Morgan fingerprint density at radius 1 is 1.69 bits per heavy atom. The van der Waals surface area contributed by atoms with Crippen LogP contribution in [-0.2, 0) is 4.84 Å². The lowest BCUT2D eigenvalue weighted by Crippen LogP contribution is -2.23. The molecule has 0 bridgehead atoms. The number of unbranched alkanes of at least 4 members (excludes halogenated alkanes) is 1. The van der Waals surface area contributed by atoms with E-state index < -0.39 is 6.09 Å². The Hall–Kier alpha value is -1.91. The standard InChI is InChI=1S/C11H15N3O2/c1-2-3-7-13-11(15)16-14-9-10-5-4-6-12-8-10/h4-6,8-9H,2-3,7H2,1H3,(H,13,15)/b14-9+. The van der Waals surface area contributed by atoms with E-state index in [0.717, 1.165) is 18.4 Å². The molecule has 0 aliphatic heterocycles. The average Bonchev–Trinajstić information content (AvgIpc) is 2.31. The van der Waals surface area contributed by atoms with Crippen molar-refractivity contribution in [3.05, 3.63) is 30.1 Å². The fraction of sp³-hybridized carbons (Fsp3) is 0.364. The summed E-state index contributed by atoms with van der Waals surface area (Å²) >= 11 is 0.